The van der Waals surface area contributed by atoms with Crippen LogP contribution in [-0.4, -0.2) is 0 Å². The smallest absolute Gasteiger partial charge is 0.143 e. The van der Waals surface area contributed by atoms with E-state index < -0.39 is 0 Å². The highest BCUT2D eigenvalue weighted by Crippen LogP contribution is 2.50. The maximum Gasteiger partial charge on any atom is 0.143 e. The van der Waals surface area contributed by atoms with Gasteiger partial charge in [0.15, 0.2) is 0 Å². The molecule has 0 atom stereocenters. The van der Waals surface area contributed by atoms with Crippen molar-refractivity contribution in [1.29, 1.82) is 0 Å². The van der Waals surface area contributed by atoms with Crippen molar-refractivity contribution in [2.45, 2.75) is 0 Å². The van der Waals surface area contributed by atoms with E-state index in [1.54, 1.807) is 0 Å². The zero-order valence-electron chi connectivity index (χ0n) is 34.0. The lowest BCUT2D eigenvalue weighted by atomic mass is 9.87. The first-order chi connectivity index (χ1) is 30.8. The Bertz CT molecular complexity index is 3330. The van der Waals surface area contributed by atoms with Gasteiger partial charge in [0.25, 0.3) is 0 Å². The highest BCUT2D eigenvalue weighted by molar-refractivity contribution is 6.10. The third-order valence-electron chi connectivity index (χ3n) is 11.9. The second-order valence-electron chi connectivity index (χ2n) is 15.6. The van der Waals surface area contributed by atoms with Gasteiger partial charge in [-0.1, -0.05) is 218 Å². The summed E-state index contributed by atoms with van der Waals surface area (Å²) >= 11 is 0. The van der Waals surface area contributed by atoms with Crippen LogP contribution in [0.2, 0.25) is 0 Å². The first-order valence-electron chi connectivity index (χ1n) is 21.2. The number of hydrogen-bond acceptors (Lipinski definition) is 2. The number of benzene rings is 10. The quantitative estimate of drug-likeness (QED) is 0.145. The van der Waals surface area contributed by atoms with Crippen molar-refractivity contribution in [2.75, 3.05) is 4.90 Å². The van der Waals surface area contributed by atoms with Gasteiger partial charge in [0.2, 0.25) is 0 Å². The fourth-order valence-electron chi connectivity index (χ4n) is 9.02. The van der Waals surface area contributed by atoms with Crippen LogP contribution >= 0.6 is 0 Å². The zero-order chi connectivity index (χ0) is 41.2. The average molecular weight is 792 g/mol. The van der Waals surface area contributed by atoms with Gasteiger partial charge >= 0.3 is 0 Å². The fraction of sp³-hybridized carbons (Fsp3) is 0. The molecule has 0 spiro atoms. The lowest BCUT2D eigenvalue weighted by Gasteiger charge is -2.32. The molecule has 0 fully saturated rings. The lowest BCUT2D eigenvalue weighted by Crippen LogP contribution is -2.13. The molecule has 0 saturated heterocycles. The first-order valence-corrected chi connectivity index (χ1v) is 21.2. The number of para-hydroxylation sites is 3. The minimum absolute atomic E-state index is 0.888. The van der Waals surface area contributed by atoms with Gasteiger partial charge in [-0.05, 0) is 80.4 Å². The van der Waals surface area contributed by atoms with Crippen LogP contribution in [0.25, 0.3) is 88.7 Å². The molecular formula is C60H41NO. The maximum absolute atomic E-state index is 6.61. The van der Waals surface area contributed by atoms with Crippen molar-refractivity contribution in [3.63, 3.8) is 0 Å². The number of nitrogens with zero attached hydrogens (tertiary/aromatic N) is 1. The van der Waals surface area contributed by atoms with Crippen molar-refractivity contribution >= 4 is 39.0 Å². The monoisotopic (exact) mass is 791 g/mol. The number of furan rings is 1. The topological polar surface area (TPSA) is 16.4 Å². The summed E-state index contributed by atoms with van der Waals surface area (Å²) in [6.07, 6.45) is 0. The molecule has 10 aromatic carbocycles. The largest absolute Gasteiger partial charge is 0.455 e. The van der Waals surface area contributed by atoms with E-state index in [0.29, 0.717) is 0 Å². The molecule has 292 valence electrons. The van der Waals surface area contributed by atoms with Crippen LogP contribution in [0, 0.1) is 0 Å². The molecule has 11 aromatic rings. The number of rotatable bonds is 9. The van der Waals surface area contributed by atoms with Gasteiger partial charge in [0.05, 0.1) is 11.4 Å². The van der Waals surface area contributed by atoms with Gasteiger partial charge < -0.3 is 9.32 Å². The van der Waals surface area contributed by atoms with Crippen molar-refractivity contribution in [3.8, 4) is 66.8 Å². The Labute approximate surface area is 362 Å². The Kier molecular flexibility index (Phi) is 9.57. The Balaban J connectivity index is 1.18. The molecule has 0 radical (unpaired) electrons. The SMILES string of the molecule is c1ccc(-c2ccc(-c3ccccc3N(c3cccc(-c4cccc5c4oc4ccccc45)c3)c3cccc(-c4ccccc4)c3-c3ccccc3-c3ccccc3)cc2)cc1. The molecule has 0 saturated carbocycles. The van der Waals surface area contributed by atoms with Crippen LogP contribution in [0.15, 0.2) is 253 Å². The van der Waals surface area contributed by atoms with E-state index in [1.165, 1.54) is 22.3 Å². The van der Waals surface area contributed by atoms with Crippen LogP contribution in [-0.2, 0) is 0 Å². The highest BCUT2D eigenvalue weighted by atomic mass is 16.3. The third kappa shape index (κ3) is 6.74. The molecule has 0 N–H and O–H groups in total. The molecule has 62 heavy (non-hydrogen) atoms. The highest BCUT2D eigenvalue weighted by Gasteiger charge is 2.25. The van der Waals surface area contributed by atoms with Crippen molar-refractivity contribution in [2.24, 2.45) is 0 Å². The standard InChI is InChI=1S/C60H41NO/c1-4-19-42(20-5-1)43-37-39-46(40-38-43)50-28-12-14-34-56(50)61(48-26-16-25-47(41-48)52-32-17-33-55-53-29-13-15-36-58(53)62-60(52)55)57-35-18-31-51(45-23-8-3-9-24-45)59(57)54-30-11-10-27-49(54)44-21-6-2-7-22-44/h1-41H. The molecule has 11 rings (SSSR count). The predicted molar refractivity (Wildman–Crippen MR) is 261 cm³/mol. The Morgan fingerprint density at radius 3 is 1.50 bits per heavy atom. The van der Waals surface area contributed by atoms with Crippen molar-refractivity contribution in [1.82, 2.24) is 0 Å². The first kappa shape index (κ1) is 36.8. The molecule has 2 nitrogen and oxygen atoms in total. The maximum atomic E-state index is 6.61. The van der Waals surface area contributed by atoms with E-state index in [2.05, 4.69) is 248 Å². The van der Waals surface area contributed by atoms with Gasteiger partial charge in [-0.15, -0.1) is 0 Å². The zero-order valence-corrected chi connectivity index (χ0v) is 34.0. The Hall–Kier alpha value is -8.20. The van der Waals surface area contributed by atoms with Crippen LogP contribution in [0.1, 0.15) is 0 Å². The van der Waals surface area contributed by atoms with E-state index in [4.69, 9.17) is 4.42 Å². The molecular weight excluding hydrogens is 751 g/mol. The molecule has 0 aliphatic rings. The van der Waals surface area contributed by atoms with Gasteiger partial charge in [-0.25, -0.2) is 0 Å². The van der Waals surface area contributed by atoms with E-state index in [0.717, 1.165) is 83.5 Å². The summed E-state index contributed by atoms with van der Waals surface area (Å²) in [7, 11) is 0. The summed E-state index contributed by atoms with van der Waals surface area (Å²) < 4.78 is 6.61. The number of fused-ring (bicyclic) bond motifs is 3. The lowest BCUT2D eigenvalue weighted by molar-refractivity contribution is 0.670. The van der Waals surface area contributed by atoms with Crippen LogP contribution in [0.3, 0.4) is 0 Å². The molecule has 0 amide bonds. The van der Waals surface area contributed by atoms with E-state index in [9.17, 15) is 0 Å². The van der Waals surface area contributed by atoms with Gasteiger partial charge in [0, 0.05) is 33.2 Å². The number of hydrogen-bond donors (Lipinski definition) is 0. The second-order valence-corrected chi connectivity index (χ2v) is 15.6. The summed E-state index contributed by atoms with van der Waals surface area (Å²) in [5.74, 6) is 0. The van der Waals surface area contributed by atoms with E-state index in [-0.39, 0.29) is 0 Å². The van der Waals surface area contributed by atoms with Crippen molar-refractivity contribution < 1.29 is 4.42 Å². The molecule has 1 heterocycles. The van der Waals surface area contributed by atoms with Crippen LogP contribution < -0.4 is 4.90 Å². The third-order valence-corrected chi connectivity index (χ3v) is 11.9. The summed E-state index contributed by atoms with van der Waals surface area (Å²) in [5.41, 5.74) is 18.7. The van der Waals surface area contributed by atoms with Gasteiger partial charge in [-0.3, -0.25) is 0 Å². The minimum Gasteiger partial charge on any atom is -0.455 e. The number of anilines is 3. The van der Waals surface area contributed by atoms with Crippen molar-refractivity contribution in [3.05, 3.63) is 249 Å². The molecule has 0 aliphatic carbocycles. The van der Waals surface area contributed by atoms with Crippen LogP contribution in [0.5, 0.6) is 0 Å². The normalized spacial score (nSPS) is 11.2. The second kappa shape index (κ2) is 16.1. The summed E-state index contributed by atoms with van der Waals surface area (Å²) in [4.78, 5) is 2.46. The predicted octanol–water partition coefficient (Wildman–Crippen LogP) is 17.1. The summed E-state index contributed by atoms with van der Waals surface area (Å²) in [6, 6.07) is 89.2. The molecule has 0 bridgehead atoms. The molecule has 1 aromatic heterocycles. The van der Waals surface area contributed by atoms with E-state index >= 15 is 0 Å². The molecule has 2 heteroatoms. The Morgan fingerprint density at radius 2 is 0.742 bits per heavy atom. The summed E-state index contributed by atoms with van der Waals surface area (Å²) in [5, 5.41) is 2.23. The van der Waals surface area contributed by atoms with Gasteiger partial charge in [0.1, 0.15) is 11.2 Å². The summed E-state index contributed by atoms with van der Waals surface area (Å²) in [6.45, 7) is 0. The van der Waals surface area contributed by atoms with E-state index in [1.807, 2.05) is 6.07 Å². The average Bonchev–Trinajstić information content (AvgIpc) is 3.74. The minimum atomic E-state index is 0.888. The van der Waals surface area contributed by atoms with Crippen LogP contribution in [0.4, 0.5) is 17.1 Å². The molecule has 0 aliphatic heterocycles. The fourth-order valence-corrected chi connectivity index (χ4v) is 9.02. The molecule has 0 unspecified atom stereocenters. The van der Waals surface area contributed by atoms with Gasteiger partial charge in [-0.2, -0.15) is 0 Å². The Morgan fingerprint density at radius 1 is 0.274 bits per heavy atom.